The Balaban J connectivity index is 1.98. The number of aromatic nitrogens is 1. The molecule has 0 fully saturated rings. The van der Waals surface area contributed by atoms with Crippen LogP contribution in [0.3, 0.4) is 0 Å². The van der Waals surface area contributed by atoms with Gasteiger partial charge >= 0.3 is 0 Å². The Morgan fingerprint density at radius 3 is 2.19 bits per heavy atom. The summed E-state index contributed by atoms with van der Waals surface area (Å²) in [4.78, 5) is 17.3. The van der Waals surface area contributed by atoms with Crippen molar-refractivity contribution in [1.82, 2.24) is 10.3 Å². The average molecular weight is 380 g/mol. The highest BCUT2D eigenvalue weighted by atomic mass is 32.2. The second-order valence-corrected chi connectivity index (χ2v) is 8.52. The molecule has 1 heterocycles. The molecule has 6 heteroatoms. The Morgan fingerprint density at radius 2 is 1.52 bits per heavy atom. The van der Waals surface area contributed by atoms with Crippen molar-refractivity contribution in [3.63, 3.8) is 0 Å². The summed E-state index contributed by atoms with van der Waals surface area (Å²) in [6.45, 7) is 3.64. The van der Waals surface area contributed by atoms with Gasteiger partial charge in [-0.1, -0.05) is 36.4 Å². The summed E-state index contributed by atoms with van der Waals surface area (Å²) in [6.07, 6.45) is 1.65. The van der Waals surface area contributed by atoms with E-state index in [0.717, 1.165) is 0 Å². The molecule has 1 amide bonds. The van der Waals surface area contributed by atoms with E-state index in [2.05, 4.69) is 10.3 Å². The first kappa shape index (κ1) is 18.8. The van der Waals surface area contributed by atoms with E-state index in [4.69, 9.17) is 0 Å². The van der Waals surface area contributed by atoms with Crippen LogP contribution in [0, 0.1) is 0 Å². The van der Waals surface area contributed by atoms with E-state index in [1.54, 1.807) is 42.6 Å². The maximum Gasteiger partial charge on any atom is 0.253 e. The van der Waals surface area contributed by atoms with Crippen LogP contribution in [-0.4, -0.2) is 19.3 Å². The van der Waals surface area contributed by atoms with Crippen molar-refractivity contribution in [2.45, 2.75) is 29.2 Å². The molecular formula is C21H20N2O3S. The maximum atomic E-state index is 13.0. The summed E-state index contributed by atoms with van der Waals surface area (Å²) >= 11 is 0. The molecule has 0 bridgehead atoms. The summed E-state index contributed by atoms with van der Waals surface area (Å²) in [5, 5.41) is 2.89. The minimum absolute atomic E-state index is 0.0227. The third-order valence-electron chi connectivity index (χ3n) is 4.21. The van der Waals surface area contributed by atoms with Gasteiger partial charge in [-0.05, 0) is 50.2 Å². The van der Waals surface area contributed by atoms with Crippen molar-refractivity contribution in [3.05, 3.63) is 90.3 Å². The van der Waals surface area contributed by atoms with Gasteiger partial charge in [-0.2, -0.15) is 0 Å². The van der Waals surface area contributed by atoms with Crippen molar-refractivity contribution in [3.8, 4) is 0 Å². The molecule has 3 aromatic rings. The number of amides is 1. The fourth-order valence-electron chi connectivity index (χ4n) is 2.76. The van der Waals surface area contributed by atoms with Crippen LogP contribution < -0.4 is 5.32 Å². The van der Waals surface area contributed by atoms with Gasteiger partial charge < -0.3 is 5.32 Å². The second-order valence-electron chi connectivity index (χ2n) is 6.61. The Kier molecular flexibility index (Phi) is 5.10. The van der Waals surface area contributed by atoms with Gasteiger partial charge in [-0.3, -0.25) is 9.78 Å². The molecule has 0 saturated carbocycles. The van der Waals surface area contributed by atoms with Crippen LogP contribution >= 0.6 is 0 Å². The van der Waals surface area contributed by atoms with E-state index in [0.29, 0.717) is 5.69 Å². The fourth-order valence-corrected chi connectivity index (χ4v) is 4.24. The van der Waals surface area contributed by atoms with Crippen molar-refractivity contribution in [2.24, 2.45) is 0 Å². The zero-order chi connectivity index (χ0) is 19.5. The molecule has 0 aliphatic heterocycles. The molecule has 0 radical (unpaired) electrons. The number of carbonyl (C=O) groups excluding carboxylic acids is 1. The fraction of sp³-hybridized carbons (Fsp3) is 0.143. The molecule has 3 rings (SSSR count). The van der Waals surface area contributed by atoms with Gasteiger partial charge in [0.1, 0.15) is 0 Å². The van der Waals surface area contributed by atoms with E-state index in [1.165, 1.54) is 24.3 Å². The number of sulfone groups is 1. The first-order valence-corrected chi connectivity index (χ1v) is 9.94. The lowest BCUT2D eigenvalue weighted by Crippen LogP contribution is -2.42. The molecule has 0 aliphatic carbocycles. The minimum Gasteiger partial charge on any atom is -0.341 e. The van der Waals surface area contributed by atoms with E-state index >= 15 is 0 Å². The predicted molar refractivity (Wildman–Crippen MR) is 103 cm³/mol. The Labute approximate surface area is 159 Å². The molecule has 2 aromatic carbocycles. The molecule has 5 nitrogen and oxygen atoms in total. The number of pyridine rings is 1. The molecule has 0 saturated heterocycles. The number of nitrogens with zero attached hydrogens (tertiary/aromatic N) is 1. The van der Waals surface area contributed by atoms with Crippen molar-refractivity contribution in [1.29, 1.82) is 0 Å². The van der Waals surface area contributed by atoms with Gasteiger partial charge in [0, 0.05) is 6.20 Å². The number of nitrogens with one attached hydrogen (secondary N) is 1. The summed E-state index contributed by atoms with van der Waals surface area (Å²) in [5.74, 6) is -0.472. The van der Waals surface area contributed by atoms with Gasteiger partial charge in [0.25, 0.3) is 5.91 Å². The lowest BCUT2D eigenvalue weighted by atomic mass is 9.99. The number of hydrogen-bond donors (Lipinski definition) is 1. The number of hydrogen-bond acceptors (Lipinski definition) is 4. The molecule has 0 aliphatic rings. The van der Waals surface area contributed by atoms with Crippen LogP contribution in [0.1, 0.15) is 29.9 Å². The summed E-state index contributed by atoms with van der Waals surface area (Å²) < 4.78 is 26.0. The van der Waals surface area contributed by atoms with Crippen molar-refractivity contribution >= 4 is 15.7 Å². The minimum atomic E-state index is -3.81. The molecule has 1 N–H and O–H groups in total. The zero-order valence-electron chi connectivity index (χ0n) is 15.1. The molecule has 138 valence electrons. The zero-order valence-corrected chi connectivity index (χ0v) is 15.9. The van der Waals surface area contributed by atoms with Crippen LogP contribution in [0.25, 0.3) is 0 Å². The van der Waals surface area contributed by atoms with Gasteiger partial charge in [0.15, 0.2) is 0 Å². The van der Waals surface area contributed by atoms with Gasteiger partial charge in [0.2, 0.25) is 9.84 Å². The Bertz CT molecular complexity index is 1050. The highest BCUT2D eigenvalue weighted by Crippen LogP contribution is 2.25. The van der Waals surface area contributed by atoms with Crippen LogP contribution in [0.2, 0.25) is 0 Å². The molecule has 0 atom stereocenters. The third-order valence-corrected chi connectivity index (χ3v) is 6.03. The highest BCUT2D eigenvalue weighted by Gasteiger charge is 2.29. The SMILES string of the molecule is CC(C)(NC(=O)c1ccccc1S(=O)(=O)c1ccccc1)c1ccccn1. The summed E-state index contributed by atoms with van der Waals surface area (Å²) in [7, 11) is -3.81. The van der Waals surface area contributed by atoms with Gasteiger partial charge in [-0.15, -0.1) is 0 Å². The molecule has 0 unspecified atom stereocenters. The van der Waals surface area contributed by atoms with Crippen LogP contribution in [0.4, 0.5) is 0 Å². The van der Waals surface area contributed by atoms with Gasteiger partial charge in [0.05, 0.1) is 26.6 Å². The van der Waals surface area contributed by atoms with Crippen molar-refractivity contribution < 1.29 is 13.2 Å². The molecule has 0 spiro atoms. The Morgan fingerprint density at radius 1 is 0.889 bits per heavy atom. The monoisotopic (exact) mass is 380 g/mol. The Hall–Kier alpha value is -2.99. The second kappa shape index (κ2) is 7.32. The first-order chi connectivity index (χ1) is 12.8. The van der Waals surface area contributed by atoms with Gasteiger partial charge in [-0.25, -0.2) is 8.42 Å². The first-order valence-electron chi connectivity index (χ1n) is 8.45. The number of carbonyl (C=O) groups is 1. The van der Waals surface area contributed by atoms with E-state index in [9.17, 15) is 13.2 Å². The molecular weight excluding hydrogens is 360 g/mol. The smallest absolute Gasteiger partial charge is 0.253 e. The van der Waals surface area contributed by atoms with Crippen LogP contribution in [0.5, 0.6) is 0 Å². The lowest BCUT2D eigenvalue weighted by molar-refractivity contribution is 0.0907. The normalized spacial score (nSPS) is 11.8. The summed E-state index contributed by atoms with van der Waals surface area (Å²) in [6, 6.07) is 19.7. The molecule has 27 heavy (non-hydrogen) atoms. The highest BCUT2D eigenvalue weighted by molar-refractivity contribution is 7.91. The standard InChI is InChI=1S/C21H20N2O3S/c1-21(2,19-14-8-9-15-22-19)23-20(24)17-12-6-7-13-18(17)27(25,26)16-10-4-3-5-11-16/h3-15H,1-2H3,(H,23,24). The van der Waals surface area contributed by atoms with Crippen LogP contribution in [-0.2, 0) is 15.4 Å². The molecule has 1 aromatic heterocycles. The topological polar surface area (TPSA) is 76.1 Å². The lowest BCUT2D eigenvalue weighted by Gasteiger charge is -2.26. The van der Waals surface area contributed by atoms with E-state index in [-0.39, 0.29) is 15.4 Å². The van der Waals surface area contributed by atoms with E-state index in [1.807, 2.05) is 26.0 Å². The maximum absolute atomic E-state index is 13.0. The summed E-state index contributed by atoms with van der Waals surface area (Å²) in [5.41, 5.74) is 0.0224. The van der Waals surface area contributed by atoms with E-state index < -0.39 is 21.3 Å². The average Bonchev–Trinajstić information content (AvgIpc) is 2.69. The van der Waals surface area contributed by atoms with Crippen molar-refractivity contribution in [2.75, 3.05) is 0 Å². The quantitative estimate of drug-likeness (QED) is 0.734. The van der Waals surface area contributed by atoms with Crippen LogP contribution in [0.15, 0.2) is 88.8 Å². The predicted octanol–water partition coefficient (Wildman–Crippen LogP) is 3.58. The number of rotatable bonds is 5. The largest absolute Gasteiger partial charge is 0.341 e. The number of benzene rings is 2. The third kappa shape index (κ3) is 3.90.